The van der Waals surface area contributed by atoms with Gasteiger partial charge in [-0.05, 0) is 0 Å². The number of aromatic amines is 1. The van der Waals surface area contributed by atoms with Crippen molar-refractivity contribution in [3.8, 4) is 0 Å². The molecule has 272 valence electrons. The van der Waals surface area contributed by atoms with E-state index in [1.165, 1.54) is 23.4 Å². The minimum absolute atomic E-state index is 0. The maximum absolute atomic E-state index is 13.4. The zero-order valence-corrected chi connectivity index (χ0v) is 33.4. The van der Waals surface area contributed by atoms with Crippen LogP contribution in [0.5, 0.6) is 0 Å². The number of aliphatic hydroxyl groups excluding tert-OH is 2. The zero-order chi connectivity index (χ0) is 35.9. The Morgan fingerprint density at radius 3 is 2.47 bits per heavy atom. The van der Waals surface area contributed by atoms with E-state index in [4.69, 9.17) is 39.2 Å². The Hall–Kier alpha value is -2.23. The summed E-state index contributed by atoms with van der Waals surface area (Å²) in [5.74, 6) is -0.193. The van der Waals surface area contributed by atoms with E-state index in [0.29, 0.717) is 4.34 Å². The topological polar surface area (TPSA) is 353 Å². The van der Waals surface area contributed by atoms with Crippen molar-refractivity contribution < 1.29 is 116 Å². The smallest absolute Gasteiger partial charge is 0.761 e. The summed E-state index contributed by atoms with van der Waals surface area (Å²) < 4.78 is 63.1. The van der Waals surface area contributed by atoms with Crippen LogP contribution >= 0.6 is 15.6 Å². The molecule has 5 aromatic heterocycles. The molecule has 0 aliphatic carbocycles. The van der Waals surface area contributed by atoms with Crippen molar-refractivity contribution in [2.45, 2.75) is 48.6 Å². The van der Waals surface area contributed by atoms with Crippen molar-refractivity contribution in [2.75, 3.05) is 31.3 Å². The van der Waals surface area contributed by atoms with Gasteiger partial charge in [-0.25, -0.2) is 24.9 Å². The van der Waals surface area contributed by atoms with Gasteiger partial charge in [0.25, 0.3) is 13.4 Å². The molecule has 3 aliphatic heterocycles. The van der Waals surface area contributed by atoms with Crippen LogP contribution in [0.4, 0.5) is 11.8 Å². The fraction of sp³-hybridized carbons (Fsp3) is 0.458. The van der Waals surface area contributed by atoms with Crippen LogP contribution in [0.15, 0.2) is 42.5 Å². The fourth-order valence-corrected chi connectivity index (χ4v) is 8.05. The molecule has 8 heterocycles. The maximum atomic E-state index is 13.4. The summed E-state index contributed by atoms with van der Waals surface area (Å²) in [6, 6.07) is 0. The van der Waals surface area contributed by atoms with Gasteiger partial charge >= 0.3 is 59.1 Å². The molecule has 4 unspecified atom stereocenters. The van der Waals surface area contributed by atoms with E-state index in [9.17, 15) is 33.9 Å². The molecule has 3 aliphatic rings. The molecule has 5 aromatic rings. The first kappa shape index (κ1) is 40.4. The van der Waals surface area contributed by atoms with Crippen molar-refractivity contribution >= 4 is 49.7 Å². The van der Waals surface area contributed by atoms with E-state index < -0.39 is 82.9 Å². The van der Waals surface area contributed by atoms with Gasteiger partial charge in [-0.2, -0.15) is 4.98 Å². The van der Waals surface area contributed by atoms with Crippen molar-refractivity contribution in [2.24, 2.45) is 0 Å². The van der Waals surface area contributed by atoms with E-state index in [0.717, 1.165) is 23.4 Å². The molecule has 8 rings (SSSR count). The molecule has 53 heavy (non-hydrogen) atoms. The number of aromatic nitrogens is 10. The minimum atomic E-state index is -5.39. The second-order valence-electron chi connectivity index (χ2n) is 11.7. The molecule has 3 fully saturated rings. The van der Waals surface area contributed by atoms with Gasteiger partial charge in [0.2, 0.25) is 13.7 Å². The first-order valence-electron chi connectivity index (χ1n) is 14.8. The molecule has 0 aromatic carbocycles. The van der Waals surface area contributed by atoms with Crippen LogP contribution in [0.2, 0.25) is 0 Å². The summed E-state index contributed by atoms with van der Waals surface area (Å²) in [6.45, 7) is -2.00. The van der Waals surface area contributed by atoms with Gasteiger partial charge in [0.15, 0.2) is 35.1 Å². The molecular weight excluding hydrogens is 772 g/mol. The summed E-state index contributed by atoms with van der Waals surface area (Å²) in [5.41, 5.74) is 9.24. The van der Waals surface area contributed by atoms with Crippen molar-refractivity contribution in [1.29, 1.82) is 0 Å². The second-order valence-corrected chi connectivity index (χ2v) is 14.7. The first-order valence-corrected chi connectivity index (χ1v) is 17.8. The number of H-pyrrole nitrogens is 1. The van der Waals surface area contributed by atoms with Crippen LogP contribution < -0.4 is 85.9 Å². The predicted molar refractivity (Wildman–Crippen MR) is 160 cm³/mol. The number of aliphatic hydroxyl groups is 2. The third-order valence-corrected chi connectivity index (χ3v) is 10.8. The summed E-state index contributed by atoms with van der Waals surface area (Å²) in [4.78, 5) is 64.6. The summed E-state index contributed by atoms with van der Waals surface area (Å²) in [5, 5.41) is 21.5. The number of nitrogens with two attached hydrogens (primary N) is 2. The Bertz CT molecular complexity index is 2280. The van der Waals surface area contributed by atoms with E-state index >= 15 is 0 Å². The summed E-state index contributed by atoms with van der Waals surface area (Å²) in [6.07, 6.45) is -3.18. The third-order valence-electron chi connectivity index (χ3n) is 8.58. The van der Waals surface area contributed by atoms with Gasteiger partial charge in [0.05, 0.1) is 32.5 Å². The van der Waals surface area contributed by atoms with Gasteiger partial charge in [-0.3, -0.25) is 32.4 Å². The quantitative estimate of drug-likeness (QED) is 0.0612. The molecular formula is C24H26N12Na2O13P2. The predicted octanol–water partition coefficient (Wildman–Crippen LogP) is -9.48. The number of fused-ring (bicyclic) bond motifs is 4. The van der Waals surface area contributed by atoms with E-state index in [1.54, 1.807) is 0 Å². The Labute approximate surface area is 339 Å². The number of nitrogens with one attached hydrogen (secondary N) is 1. The number of phosphoric acid groups is 1. The molecule has 0 spiro atoms. The normalized spacial score (nSPS) is 30.2. The average Bonchev–Trinajstić information content (AvgIpc) is 3.94. The molecule has 0 saturated carbocycles. The van der Waals surface area contributed by atoms with Gasteiger partial charge < -0.3 is 59.2 Å². The average molecular weight is 798 g/mol. The Morgan fingerprint density at radius 1 is 1.00 bits per heavy atom. The van der Waals surface area contributed by atoms with Gasteiger partial charge in [0.1, 0.15) is 54.3 Å². The molecule has 7 N–H and O–H groups in total. The molecule has 25 nitrogen and oxygen atoms in total. The summed E-state index contributed by atoms with van der Waals surface area (Å²) in [7, 11) is -10.2. The van der Waals surface area contributed by atoms with E-state index in [1.807, 2.05) is 0 Å². The molecule has 29 heteroatoms. The van der Waals surface area contributed by atoms with E-state index in [-0.39, 0.29) is 99.8 Å². The van der Waals surface area contributed by atoms with Crippen molar-refractivity contribution in [1.82, 2.24) is 48.4 Å². The number of nitrogen functional groups attached to an aromatic ring is 2. The number of anilines is 2. The number of imidazole rings is 3. The largest absolute Gasteiger partial charge is 1.00 e. The van der Waals surface area contributed by atoms with Crippen LogP contribution in [0.1, 0.15) is 12.5 Å². The molecule has 10 atom stereocenters. The third kappa shape index (κ3) is 7.18. The van der Waals surface area contributed by atoms with Crippen LogP contribution in [-0.2, 0) is 36.9 Å². The van der Waals surface area contributed by atoms with Crippen LogP contribution in [-0.4, -0.2) is 115 Å². The maximum Gasteiger partial charge on any atom is 1.00 e. The molecule has 0 amide bonds. The van der Waals surface area contributed by atoms with Gasteiger partial charge in [-0.15, -0.1) is 0 Å². The molecule has 2 bridgehead atoms. The number of phosphoric ester groups is 1. The van der Waals surface area contributed by atoms with E-state index in [2.05, 4.69) is 34.9 Å². The number of nitrogens with zero attached hydrogens (tertiary/aromatic N) is 9. The van der Waals surface area contributed by atoms with Crippen LogP contribution in [0, 0.1) is 0 Å². The standard InChI is InChI=1S/C24H28N12O13P2.2Na/c25-17-11-18(29-6-28-17)35(8-30-11)22-15-16(24(48-22,4-44-15)5-46-50(40,41)34-2-1-27-7-34)49-51(42,43)45-3-10-13(37)14(38)21(47-10)36-9-31-12-19(36)32-23(26)33-20(12)39;;/h1-2,6-10,13-16,21-22,37-38H,3-5H2,(H,40,41)(H,42,43)(H2,25,28,29)(H3,26,32,33,39);;/q;2*+1/p-2/t10-,13+,14?,15?,16-,21-,22-,24-;;/m1../s1. The van der Waals surface area contributed by atoms with Gasteiger partial charge in [-0.1, -0.05) is 0 Å². The fourth-order valence-electron chi connectivity index (χ4n) is 6.15. The number of ether oxygens (including phenoxy) is 3. The minimum Gasteiger partial charge on any atom is -0.761 e. The molecule has 0 radical (unpaired) electrons. The number of rotatable bonds is 11. The summed E-state index contributed by atoms with van der Waals surface area (Å²) >= 11 is 0. The SMILES string of the molecule is Nc1nc2c(ncn2[C@@H]2O[C@H](COP(=O)([O-])O[C@@H]3C4OC[C@]3(COP(=O)([O-])n3ccnc3)O[C@H]4n3cnc4c(N)ncnc43)[C@H](O)C2O)c(=O)[nH]1.[Na+].[Na+]. The zero-order valence-electron chi connectivity index (χ0n) is 27.6. The number of hydrogen-bond donors (Lipinski definition) is 5. The second kappa shape index (κ2) is 15.0. The van der Waals surface area contributed by atoms with Crippen LogP contribution in [0.25, 0.3) is 22.3 Å². The van der Waals surface area contributed by atoms with Crippen molar-refractivity contribution in [3.05, 3.63) is 48.1 Å². The Kier molecular flexibility index (Phi) is 11.5. The monoisotopic (exact) mass is 798 g/mol. The van der Waals surface area contributed by atoms with Gasteiger partial charge in [0, 0.05) is 12.4 Å². The Balaban J connectivity index is 0.00000240. The van der Waals surface area contributed by atoms with Crippen LogP contribution in [0.3, 0.4) is 0 Å². The molecule has 3 saturated heterocycles. The van der Waals surface area contributed by atoms with Crippen molar-refractivity contribution in [3.63, 3.8) is 0 Å². The first-order chi connectivity index (χ1) is 24.3. The number of hydrogen-bond acceptors (Lipinski definition) is 21. The Morgan fingerprint density at radius 2 is 1.74 bits per heavy atom.